The first-order valence-electron chi connectivity index (χ1n) is 8.25. The van der Waals surface area contributed by atoms with Crippen molar-refractivity contribution in [1.29, 1.82) is 0 Å². The molecule has 7 heteroatoms. The first kappa shape index (κ1) is 16.7. The normalized spacial score (nSPS) is 11.0. The summed E-state index contributed by atoms with van der Waals surface area (Å²) in [5.74, 6) is 0.634. The fraction of sp³-hybridized carbons (Fsp3) is 0.100. The zero-order chi connectivity index (χ0) is 19.0. The lowest BCUT2D eigenvalue weighted by molar-refractivity contribution is 0.156. The van der Waals surface area contributed by atoms with Gasteiger partial charge in [-0.15, -0.1) is 0 Å². The summed E-state index contributed by atoms with van der Waals surface area (Å²) in [6.45, 7) is 0.174. The largest absolute Gasteiger partial charge is 0.497 e. The minimum atomic E-state index is -0.895. The molecular weight excluding hydrogens is 348 g/mol. The van der Waals surface area contributed by atoms with Crippen LogP contribution in [-0.2, 0) is 6.54 Å². The van der Waals surface area contributed by atoms with Gasteiger partial charge in [-0.25, -0.2) is 4.79 Å². The molecule has 27 heavy (non-hydrogen) atoms. The van der Waals surface area contributed by atoms with Crippen LogP contribution in [0.15, 0.2) is 74.9 Å². The highest BCUT2D eigenvalue weighted by atomic mass is 16.5. The van der Waals surface area contributed by atoms with E-state index in [1.807, 2.05) is 36.4 Å². The molecule has 1 N–H and O–H groups in total. The Labute approximate surface area is 153 Å². The molecule has 0 aliphatic heterocycles. The average Bonchev–Trinajstić information content (AvgIpc) is 3.15. The summed E-state index contributed by atoms with van der Waals surface area (Å²) < 4.78 is 12.1. The van der Waals surface area contributed by atoms with Crippen LogP contribution in [0.3, 0.4) is 0 Å². The standard InChI is InChI=1S/C20H16N2O5/c1-26-15-9-5-8-14(10-15)16-12-27-18-17(16)21(20(24)22(25)19(18)23)11-13-6-3-2-4-7-13/h2-10,12,25H,11H2,1H3. The van der Waals surface area contributed by atoms with E-state index in [1.54, 1.807) is 25.3 Å². The minimum Gasteiger partial charge on any atom is -0.497 e. The SMILES string of the molecule is COc1cccc(-c2coc3c(=O)n(O)c(=O)n(Cc4ccccc4)c23)c1. The van der Waals surface area contributed by atoms with E-state index in [2.05, 4.69) is 0 Å². The van der Waals surface area contributed by atoms with Crippen LogP contribution < -0.4 is 16.0 Å². The third-order valence-corrected chi connectivity index (χ3v) is 4.40. The van der Waals surface area contributed by atoms with Gasteiger partial charge in [-0.05, 0) is 23.3 Å². The number of hydrogen-bond donors (Lipinski definition) is 1. The molecule has 0 bridgehead atoms. The van der Waals surface area contributed by atoms with Gasteiger partial charge in [0.2, 0.25) is 5.58 Å². The lowest BCUT2D eigenvalue weighted by Crippen LogP contribution is -2.38. The first-order chi connectivity index (χ1) is 13.1. The fourth-order valence-corrected chi connectivity index (χ4v) is 3.07. The summed E-state index contributed by atoms with van der Waals surface area (Å²) in [6.07, 6.45) is 1.40. The summed E-state index contributed by atoms with van der Waals surface area (Å²) in [4.78, 5) is 24.9. The number of hydrogen-bond acceptors (Lipinski definition) is 5. The summed E-state index contributed by atoms with van der Waals surface area (Å²) in [5.41, 5.74) is 0.644. The van der Waals surface area contributed by atoms with E-state index in [0.717, 1.165) is 11.1 Å². The van der Waals surface area contributed by atoms with E-state index in [0.29, 0.717) is 16.8 Å². The molecule has 4 aromatic rings. The van der Waals surface area contributed by atoms with E-state index in [-0.39, 0.29) is 16.9 Å². The second-order valence-corrected chi connectivity index (χ2v) is 6.03. The van der Waals surface area contributed by atoms with Crippen LogP contribution in [0.4, 0.5) is 0 Å². The molecule has 0 aliphatic rings. The van der Waals surface area contributed by atoms with Crippen molar-refractivity contribution in [2.75, 3.05) is 7.11 Å². The Bertz CT molecular complexity index is 1230. The molecule has 0 fully saturated rings. The van der Waals surface area contributed by atoms with Crippen LogP contribution in [0.5, 0.6) is 5.75 Å². The smallest absolute Gasteiger partial charge is 0.365 e. The average molecular weight is 364 g/mol. The summed E-state index contributed by atoms with van der Waals surface area (Å²) in [5, 5.41) is 9.92. The zero-order valence-electron chi connectivity index (χ0n) is 14.5. The molecule has 0 atom stereocenters. The fourth-order valence-electron chi connectivity index (χ4n) is 3.07. The van der Waals surface area contributed by atoms with E-state index >= 15 is 0 Å². The maximum absolute atomic E-state index is 12.6. The van der Waals surface area contributed by atoms with Crippen LogP contribution in [0.2, 0.25) is 0 Å². The zero-order valence-corrected chi connectivity index (χ0v) is 14.5. The monoisotopic (exact) mass is 364 g/mol. The molecule has 2 aromatic carbocycles. The van der Waals surface area contributed by atoms with Gasteiger partial charge in [-0.2, -0.15) is 0 Å². The number of nitrogens with zero attached hydrogens (tertiary/aromatic N) is 2. The first-order valence-corrected chi connectivity index (χ1v) is 8.25. The van der Waals surface area contributed by atoms with Crippen molar-refractivity contribution in [3.05, 3.63) is 87.3 Å². The number of fused-ring (bicyclic) bond motifs is 1. The molecule has 2 heterocycles. The second-order valence-electron chi connectivity index (χ2n) is 6.03. The summed E-state index contributed by atoms with van der Waals surface area (Å²) in [7, 11) is 1.56. The van der Waals surface area contributed by atoms with Gasteiger partial charge in [0, 0.05) is 5.56 Å². The number of furan rings is 1. The predicted octanol–water partition coefficient (Wildman–Crippen LogP) is 2.72. The van der Waals surface area contributed by atoms with Gasteiger partial charge in [0.15, 0.2) is 0 Å². The van der Waals surface area contributed by atoms with Gasteiger partial charge >= 0.3 is 11.2 Å². The quantitative estimate of drug-likeness (QED) is 0.563. The van der Waals surface area contributed by atoms with Crippen molar-refractivity contribution in [3.8, 4) is 16.9 Å². The van der Waals surface area contributed by atoms with Crippen LogP contribution in [-0.4, -0.2) is 21.6 Å². The van der Waals surface area contributed by atoms with E-state index < -0.39 is 11.2 Å². The number of rotatable bonds is 4. The van der Waals surface area contributed by atoms with E-state index in [1.165, 1.54) is 10.8 Å². The molecule has 0 spiro atoms. The highest BCUT2D eigenvalue weighted by Crippen LogP contribution is 2.30. The number of ether oxygens (including phenoxy) is 1. The lowest BCUT2D eigenvalue weighted by atomic mass is 10.1. The molecule has 7 nitrogen and oxygen atoms in total. The van der Waals surface area contributed by atoms with Gasteiger partial charge < -0.3 is 14.4 Å². The second kappa shape index (κ2) is 6.53. The molecule has 0 saturated heterocycles. The Morgan fingerprint density at radius 2 is 1.85 bits per heavy atom. The Morgan fingerprint density at radius 3 is 2.59 bits per heavy atom. The molecule has 0 saturated carbocycles. The van der Waals surface area contributed by atoms with Crippen LogP contribution >= 0.6 is 0 Å². The third-order valence-electron chi connectivity index (χ3n) is 4.40. The molecule has 136 valence electrons. The maximum atomic E-state index is 12.6. The van der Waals surface area contributed by atoms with Crippen LogP contribution in [0, 0.1) is 0 Å². The lowest BCUT2D eigenvalue weighted by Gasteiger charge is -2.10. The molecule has 0 unspecified atom stereocenters. The minimum absolute atomic E-state index is 0.0735. The Kier molecular flexibility index (Phi) is 4.04. The van der Waals surface area contributed by atoms with Crippen LogP contribution in [0.1, 0.15) is 5.56 Å². The molecular formula is C20H16N2O5. The van der Waals surface area contributed by atoms with Gasteiger partial charge in [0.05, 0.1) is 13.7 Å². The molecule has 0 aliphatic carbocycles. The summed E-state index contributed by atoms with van der Waals surface area (Å²) in [6, 6.07) is 16.5. The molecule has 2 aromatic heterocycles. The predicted molar refractivity (Wildman–Crippen MR) is 99.5 cm³/mol. The number of benzene rings is 2. The third kappa shape index (κ3) is 2.79. The van der Waals surface area contributed by atoms with Crippen molar-refractivity contribution >= 4 is 11.1 Å². The van der Waals surface area contributed by atoms with E-state index in [4.69, 9.17) is 9.15 Å². The molecule has 4 rings (SSSR count). The highest BCUT2D eigenvalue weighted by Gasteiger charge is 2.20. The number of methoxy groups -OCH3 is 1. The van der Waals surface area contributed by atoms with Gasteiger partial charge in [-0.3, -0.25) is 9.36 Å². The molecule has 0 radical (unpaired) electrons. The summed E-state index contributed by atoms with van der Waals surface area (Å²) >= 11 is 0. The van der Waals surface area contributed by atoms with Gasteiger partial charge in [0.25, 0.3) is 0 Å². The van der Waals surface area contributed by atoms with E-state index in [9.17, 15) is 14.8 Å². The number of aromatic nitrogens is 2. The van der Waals surface area contributed by atoms with Crippen molar-refractivity contribution in [2.45, 2.75) is 6.54 Å². The van der Waals surface area contributed by atoms with Gasteiger partial charge in [-0.1, -0.05) is 47.2 Å². The van der Waals surface area contributed by atoms with Crippen LogP contribution in [0.25, 0.3) is 22.2 Å². The Balaban J connectivity index is 2.02. The van der Waals surface area contributed by atoms with Crippen molar-refractivity contribution in [3.63, 3.8) is 0 Å². The Morgan fingerprint density at radius 1 is 1.07 bits per heavy atom. The van der Waals surface area contributed by atoms with Gasteiger partial charge in [0.1, 0.15) is 17.5 Å². The van der Waals surface area contributed by atoms with Crippen molar-refractivity contribution < 1.29 is 14.4 Å². The topological polar surface area (TPSA) is 86.6 Å². The van der Waals surface area contributed by atoms with Crippen molar-refractivity contribution in [1.82, 2.24) is 9.30 Å². The molecule has 0 amide bonds. The van der Waals surface area contributed by atoms with Crippen molar-refractivity contribution in [2.24, 2.45) is 0 Å². The highest BCUT2D eigenvalue weighted by molar-refractivity contribution is 5.91. The Hall–Kier alpha value is -3.74. The maximum Gasteiger partial charge on any atom is 0.365 e.